The Morgan fingerprint density at radius 2 is 2.00 bits per heavy atom. The van der Waals surface area contributed by atoms with Crippen molar-refractivity contribution in [3.63, 3.8) is 0 Å². The molecule has 1 spiro atoms. The molecule has 0 radical (unpaired) electrons. The monoisotopic (exact) mass is 429 g/mol. The third-order valence-corrected chi connectivity index (χ3v) is 10.5. The first-order valence-electron chi connectivity index (χ1n) is 12.2. The van der Waals surface area contributed by atoms with Crippen molar-refractivity contribution in [2.75, 3.05) is 26.8 Å². The molecule has 2 heterocycles. The van der Waals surface area contributed by atoms with Gasteiger partial charge in [-0.05, 0) is 62.2 Å². The predicted molar refractivity (Wildman–Crippen MR) is 113 cm³/mol. The average molecular weight is 430 g/mol. The maximum Gasteiger partial charge on any atom is 0.309 e. The van der Waals surface area contributed by atoms with Gasteiger partial charge in [-0.25, -0.2) is 0 Å². The Morgan fingerprint density at radius 1 is 1.23 bits per heavy atom. The van der Waals surface area contributed by atoms with Crippen LogP contribution in [0.1, 0.15) is 52.4 Å². The van der Waals surface area contributed by atoms with E-state index in [9.17, 15) is 14.7 Å². The molecule has 0 aromatic rings. The van der Waals surface area contributed by atoms with Crippen molar-refractivity contribution in [3.8, 4) is 0 Å². The van der Waals surface area contributed by atoms with Crippen LogP contribution in [-0.2, 0) is 19.1 Å². The van der Waals surface area contributed by atoms with Crippen molar-refractivity contribution in [2.24, 2.45) is 40.4 Å². The standard InChI is InChI=1S/C25H35NO5/c1-13-10-26-11-16-6-4-15-5-7-17-19(23(29)30-3)9-24(21(15)17)22(26)18(13)8-20(28)25(16,24)12-31-14(2)27/h13,16-20,22,28H,4-12H2,1-3H3/t13-,16+,17-,18+,19-,20+,22?,24-,25+/m1/s1. The van der Waals surface area contributed by atoms with E-state index in [1.165, 1.54) is 19.6 Å². The minimum Gasteiger partial charge on any atom is -0.469 e. The molecule has 1 unspecified atom stereocenters. The summed E-state index contributed by atoms with van der Waals surface area (Å²) in [6.45, 7) is 6.12. The summed E-state index contributed by atoms with van der Waals surface area (Å²) in [5.74, 6) is 0.919. The Bertz CT molecular complexity index is 868. The summed E-state index contributed by atoms with van der Waals surface area (Å²) in [4.78, 5) is 27.7. The van der Waals surface area contributed by atoms with Gasteiger partial charge in [-0.2, -0.15) is 0 Å². The Morgan fingerprint density at radius 3 is 2.74 bits per heavy atom. The molecule has 31 heavy (non-hydrogen) atoms. The van der Waals surface area contributed by atoms with E-state index < -0.39 is 11.5 Å². The molecule has 6 rings (SSSR count). The highest BCUT2D eigenvalue weighted by atomic mass is 16.5. The molecule has 2 saturated carbocycles. The molecule has 2 saturated heterocycles. The summed E-state index contributed by atoms with van der Waals surface area (Å²) in [7, 11) is 1.50. The summed E-state index contributed by atoms with van der Waals surface area (Å²) in [6.07, 6.45) is 5.18. The number of hydrogen-bond donors (Lipinski definition) is 1. The molecule has 4 aliphatic carbocycles. The van der Waals surface area contributed by atoms with Gasteiger partial charge in [0.05, 0.1) is 19.1 Å². The number of aliphatic hydroxyl groups excluding tert-OH is 1. The molecule has 4 bridgehead atoms. The maximum atomic E-state index is 13.0. The molecule has 9 atom stereocenters. The number of hydrogen-bond acceptors (Lipinski definition) is 6. The first kappa shape index (κ1) is 20.2. The predicted octanol–water partition coefficient (Wildman–Crippen LogP) is 2.55. The number of methoxy groups -OCH3 is 1. The van der Waals surface area contributed by atoms with Gasteiger partial charge in [0, 0.05) is 36.9 Å². The summed E-state index contributed by atoms with van der Waals surface area (Å²) >= 11 is 0. The van der Waals surface area contributed by atoms with Gasteiger partial charge in [0.2, 0.25) is 0 Å². The average Bonchev–Trinajstić information content (AvgIpc) is 3.37. The minimum atomic E-state index is -0.509. The second-order valence-electron chi connectivity index (χ2n) is 11.3. The van der Waals surface area contributed by atoms with Crippen LogP contribution in [0.4, 0.5) is 0 Å². The van der Waals surface area contributed by atoms with Crippen LogP contribution in [-0.4, -0.2) is 60.9 Å². The van der Waals surface area contributed by atoms with Crippen LogP contribution in [0.25, 0.3) is 0 Å². The lowest BCUT2D eigenvalue weighted by Gasteiger charge is -2.67. The van der Waals surface area contributed by atoms with Gasteiger partial charge in [-0.3, -0.25) is 14.5 Å². The molecule has 6 aliphatic rings. The second kappa shape index (κ2) is 6.57. The Kier molecular flexibility index (Phi) is 4.28. The van der Waals surface area contributed by atoms with Crippen LogP contribution >= 0.6 is 0 Å². The number of nitrogens with zero attached hydrogens (tertiary/aromatic N) is 1. The summed E-state index contributed by atoms with van der Waals surface area (Å²) in [5.41, 5.74) is 2.23. The van der Waals surface area contributed by atoms with Gasteiger partial charge < -0.3 is 14.6 Å². The fourth-order valence-electron chi connectivity index (χ4n) is 9.71. The van der Waals surface area contributed by atoms with E-state index in [2.05, 4.69) is 11.8 Å². The van der Waals surface area contributed by atoms with Gasteiger partial charge in [-0.15, -0.1) is 0 Å². The number of esters is 2. The highest BCUT2D eigenvalue weighted by molar-refractivity contribution is 5.75. The first-order valence-corrected chi connectivity index (χ1v) is 12.2. The van der Waals surface area contributed by atoms with Crippen molar-refractivity contribution in [1.29, 1.82) is 0 Å². The molecule has 6 heteroatoms. The van der Waals surface area contributed by atoms with Gasteiger partial charge >= 0.3 is 11.9 Å². The normalized spacial score (nSPS) is 49.6. The molecule has 0 aromatic carbocycles. The first-order chi connectivity index (χ1) is 14.8. The lowest BCUT2D eigenvalue weighted by atomic mass is 9.42. The highest BCUT2D eigenvalue weighted by Gasteiger charge is 2.78. The maximum absolute atomic E-state index is 13.0. The van der Waals surface area contributed by atoms with Crippen molar-refractivity contribution < 1.29 is 24.2 Å². The summed E-state index contributed by atoms with van der Waals surface area (Å²) in [6, 6.07) is 0.330. The van der Waals surface area contributed by atoms with E-state index in [-0.39, 0.29) is 41.7 Å². The lowest BCUT2D eigenvalue weighted by molar-refractivity contribution is -0.231. The molecule has 0 amide bonds. The molecular weight excluding hydrogens is 394 g/mol. The number of carbonyl (C=O) groups excluding carboxylic acids is 2. The zero-order valence-electron chi connectivity index (χ0n) is 18.9. The molecule has 6 nitrogen and oxygen atoms in total. The number of carbonyl (C=O) groups is 2. The van der Waals surface area contributed by atoms with E-state index in [0.717, 1.165) is 51.6 Å². The van der Waals surface area contributed by atoms with Crippen LogP contribution < -0.4 is 0 Å². The third kappa shape index (κ3) is 2.26. The molecular formula is C25H35NO5. The number of allylic oxidation sites excluding steroid dienone is 1. The fourth-order valence-corrected chi connectivity index (χ4v) is 9.71. The summed E-state index contributed by atoms with van der Waals surface area (Å²) < 4.78 is 11.1. The fraction of sp³-hybridized carbons (Fsp3) is 0.840. The molecule has 4 fully saturated rings. The van der Waals surface area contributed by atoms with E-state index in [1.807, 2.05) is 0 Å². The van der Waals surface area contributed by atoms with Crippen molar-refractivity contribution in [1.82, 2.24) is 4.90 Å². The van der Waals surface area contributed by atoms with Crippen LogP contribution in [0.15, 0.2) is 11.1 Å². The quantitative estimate of drug-likeness (QED) is 0.549. The zero-order valence-corrected chi connectivity index (χ0v) is 18.9. The second-order valence-corrected chi connectivity index (χ2v) is 11.3. The third-order valence-electron chi connectivity index (χ3n) is 10.5. The van der Waals surface area contributed by atoms with E-state index >= 15 is 0 Å². The molecule has 2 aliphatic heterocycles. The number of ether oxygens (including phenoxy) is 2. The molecule has 170 valence electrons. The largest absolute Gasteiger partial charge is 0.469 e. The van der Waals surface area contributed by atoms with Crippen molar-refractivity contribution in [2.45, 2.75) is 64.5 Å². The minimum absolute atomic E-state index is 0.103. The van der Waals surface area contributed by atoms with Gasteiger partial charge in [-0.1, -0.05) is 18.1 Å². The van der Waals surface area contributed by atoms with Gasteiger partial charge in [0.25, 0.3) is 0 Å². The number of piperidine rings is 1. The van der Waals surface area contributed by atoms with Gasteiger partial charge in [0.15, 0.2) is 0 Å². The SMILES string of the molecule is COC(=O)[C@@H]1C[C@]23C4=C(CC[C@H]5CN6C[C@@H](C)[C@H](C[C@H](O)[C@]52COC(C)=O)C63)CC[C@@H]41. The smallest absolute Gasteiger partial charge is 0.309 e. The molecule has 0 aromatic heterocycles. The Labute approximate surface area is 184 Å². The molecule has 1 N–H and O–H groups in total. The number of rotatable bonds is 3. The van der Waals surface area contributed by atoms with Crippen molar-refractivity contribution in [3.05, 3.63) is 11.1 Å². The van der Waals surface area contributed by atoms with Crippen LogP contribution in [0, 0.1) is 40.4 Å². The van der Waals surface area contributed by atoms with Gasteiger partial charge in [0.1, 0.15) is 6.61 Å². The zero-order chi connectivity index (χ0) is 21.7. The topological polar surface area (TPSA) is 76.1 Å². The van der Waals surface area contributed by atoms with E-state index in [4.69, 9.17) is 9.47 Å². The Balaban J connectivity index is 1.61. The summed E-state index contributed by atoms with van der Waals surface area (Å²) in [5, 5.41) is 11.9. The van der Waals surface area contributed by atoms with Crippen LogP contribution in [0.5, 0.6) is 0 Å². The Hall–Kier alpha value is -1.40. The van der Waals surface area contributed by atoms with Crippen molar-refractivity contribution >= 4 is 11.9 Å². The highest BCUT2D eigenvalue weighted by Crippen LogP contribution is 2.76. The van der Waals surface area contributed by atoms with Crippen LogP contribution in [0.3, 0.4) is 0 Å². The lowest BCUT2D eigenvalue weighted by Crippen LogP contribution is -2.73. The number of aliphatic hydroxyl groups is 1. The van der Waals surface area contributed by atoms with E-state index in [0.29, 0.717) is 17.9 Å². The van der Waals surface area contributed by atoms with Crippen LogP contribution in [0.2, 0.25) is 0 Å². The van der Waals surface area contributed by atoms with E-state index in [1.54, 1.807) is 5.57 Å².